The Morgan fingerprint density at radius 3 is 2.12 bits per heavy atom. The first-order chi connectivity index (χ1) is 7.54. The Labute approximate surface area is 100 Å². The first kappa shape index (κ1) is 16.2. The lowest BCUT2D eigenvalue weighted by molar-refractivity contribution is -0.128. The second-order valence-electron chi connectivity index (χ2n) is 5.14. The van der Waals surface area contributed by atoms with E-state index in [0.29, 0.717) is 12.5 Å². The number of alkyl halides is 3. The highest BCUT2D eigenvalue weighted by atomic mass is 19.4. The highest BCUT2D eigenvalue weighted by molar-refractivity contribution is 5.78. The molecule has 0 rings (SSSR count). The van der Waals surface area contributed by atoms with E-state index in [4.69, 9.17) is 0 Å². The van der Waals surface area contributed by atoms with Crippen LogP contribution in [-0.4, -0.2) is 31.7 Å². The van der Waals surface area contributed by atoms with Crippen LogP contribution in [0.25, 0.3) is 0 Å². The molecular formula is C11H21F3N2O. The van der Waals surface area contributed by atoms with Crippen molar-refractivity contribution in [1.29, 1.82) is 0 Å². The van der Waals surface area contributed by atoms with Gasteiger partial charge in [0.15, 0.2) is 0 Å². The lowest BCUT2D eigenvalue weighted by atomic mass is 9.81. The van der Waals surface area contributed by atoms with Gasteiger partial charge in [0.2, 0.25) is 5.91 Å². The van der Waals surface area contributed by atoms with E-state index < -0.39 is 18.6 Å². The molecule has 3 nitrogen and oxygen atoms in total. The first-order valence-electron chi connectivity index (χ1n) is 5.59. The molecule has 0 radical (unpaired) electrons. The Morgan fingerprint density at radius 1 is 1.18 bits per heavy atom. The Morgan fingerprint density at radius 2 is 1.71 bits per heavy atom. The molecule has 0 aliphatic rings. The van der Waals surface area contributed by atoms with Gasteiger partial charge in [0.05, 0.1) is 13.1 Å². The Hall–Kier alpha value is -0.780. The fourth-order valence-electron chi connectivity index (χ4n) is 0.911. The molecule has 17 heavy (non-hydrogen) atoms. The monoisotopic (exact) mass is 254 g/mol. The van der Waals surface area contributed by atoms with Gasteiger partial charge in [-0.2, -0.15) is 13.2 Å². The Bertz CT molecular complexity index is 250. The molecule has 1 amide bonds. The number of amides is 1. The summed E-state index contributed by atoms with van der Waals surface area (Å²) in [5.41, 5.74) is -0.0698. The van der Waals surface area contributed by atoms with Crippen LogP contribution in [0.3, 0.4) is 0 Å². The van der Waals surface area contributed by atoms with E-state index in [1.54, 1.807) is 0 Å². The van der Waals surface area contributed by atoms with Gasteiger partial charge >= 0.3 is 6.18 Å². The minimum absolute atomic E-state index is 0.0698. The molecule has 0 saturated heterocycles. The zero-order valence-electron chi connectivity index (χ0n) is 10.7. The van der Waals surface area contributed by atoms with Gasteiger partial charge in [-0.1, -0.05) is 27.7 Å². The van der Waals surface area contributed by atoms with Crippen LogP contribution in [0.2, 0.25) is 0 Å². The summed E-state index contributed by atoms with van der Waals surface area (Å²) in [4.78, 5) is 11.3. The third-order valence-electron chi connectivity index (χ3n) is 2.92. The molecule has 0 aliphatic carbocycles. The zero-order chi connectivity index (χ0) is 13.7. The van der Waals surface area contributed by atoms with E-state index in [2.05, 4.69) is 10.6 Å². The average Bonchev–Trinajstić information content (AvgIpc) is 2.12. The van der Waals surface area contributed by atoms with Gasteiger partial charge < -0.3 is 10.6 Å². The largest absolute Gasteiger partial charge is 0.401 e. The van der Waals surface area contributed by atoms with Crippen LogP contribution in [0.1, 0.15) is 27.7 Å². The summed E-state index contributed by atoms with van der Waals surface area (Å²) < 4.78 is 35.4. The Kier molecular flexibility index (Phi) is 5.95. The maximum absolute atomic E-state index is 11.8. The van der Waals surface area contributed by atoms with Crippen molar-refractivity contribution in [2.45, 2.75) is 33.9 Å². The van der Waals surface area contributed by atoms with E-state index in [-0.39, 0.29) is 12.0 Å². The number of rotatable bonds is 6. The summed E-state index contributed by atoms with van der Waals surface area (Å²) in [6.07, 6.45) is -4.28. The maximum Gasteiger partial charge on any atom is 0.401 e. The highest BCUT2D eigenvalue weighted by Crippen LogP contribution is 2.24. The standard InChI is InChI=1S/C11H21F3N2O/c1-8(2)10(3,4)6-16-9(17)5-15-7-11(12,13)14/h8,15H,5-7H2,1-4H3,(H,16,17). The smallest absolute Gasteiger partial charge is 0.354 e. The van der Waals surface area contributed by atoms with Crippen molar-refractivity contribution in [2.75, 3.05) is 19.6 Å². The maximum atomic E-state index is 11.8. The van der Waals surface area contributed by atoms with E-state index in [1.165, 1.54) is 0 Å². The van der Waals surface area contributed by atoms with Gasteiger partial charge in [-0.25, -0.2) is 0 Å². The van der Waals surface area contributed by atoms with Crippen LogP contribution in [-0.2, 0) is 4.79 Å². The minimum atomic E-state index is -4.28. The molecule has 102 valence electrons. The molecule has 0 spiro atoms. The predicted molar refractivity (Wildman–Crippen MR) is 60.6 cm³/mol. The van der Waals surface area contributed by atoms with Crippen molar-refractivity contribution in [2.24, 2.45) is 11.3 Å². The van der Waals surface area contributed by atoms with Crippen LogP contribution >= 0.6 is 0 Å². The molecule has 0 fully saturated rings. The van der Waals surface area contributed by atoms with E-state index in [1.807, 2.05) is 27.7 Å². The molecule has 2 N–H and O–H groups in total. The number of carbonyl (C=O) groups excluding carboxylic acids is 1. The van der Waals surface area contributed by atoms with E-state index in [9.17, 15) is 18.0 Å². The molecule has 0 unspecified atom stereocenters. The average molecular weight is 254 g/mol. The number of hydrogen-bond acceptors (Lipinski definition) is 2. The Balaban J connectivity index is 3.82. The number of hydrogen-bond donors (Lipinski definition) is 2. The van der Waals surface area contributed by atoms with Crippen molar-refractivity contribution in [3.05, 3.63) is 0 Å². The second kappa shape index (κ2) is 6.23. The van der Waals surface area contributed by atoms with Crippen LogP contribution in [0.4, 0.5) is 13.2 Å². The summed E-state index contributed by atoms with van der Waals surface area (Å²) in [5, 5.41) is 4.68. The molecule has 0 heterocycles. The van der Waals surface area contributed by atoms with Crippen molar-refractivity contribution in [3.63, 3.8) is 0 Å². The molecule has 0 aromatic heterocycles. The summed E-state index contributed by atoms with van der Waals surface area (Å²) in [6.45, 7) is 7.07. The van der Waals surface area contributed by atoms with Crippen LogP contribution in [0, 0.1) is 11.3 Å². The zero-order valence-corrected chi connectivity index (χ0v) is 10.7. The lowest BCUT2D eigenvalue weighted by Crippen LogP contribution is -2.42. The summed E-state index contributed by atoms with van der Waals surface area (Å²) in [6, 6.07) is 0. The number of nitrogens with one attached hydrogen (secondary N) is 2. The van der Waals surface area contributed by atoms with Crippen molar-refractivity contribution >= 4 is 5.91 Å². The summed E-state index contributed by atoms with van der Waals surface area (Å²) >= 11 is 0. The molecule has 0 aromatic rings. The molecule has 0 aromatic carbocycles. The van der Waals surface area contributed by atoms with Gasteiger partial charge in [0.1, 0.15) is 0 Å². The molecule has 6 heteroatoms. The van der Waals surface area contributed by atoms with Gasteiger partial charge in [0, 0.05) is 6.54 Å². The molecular weight excluding hydrogens is 233 g/mol. The van der Waals surface area contributed by atoms with E-state index in [0.717, 1.165) is 0 Å². The minimum Gasteiger partial charge on any atom is -0.354 e. The van der Waals surface area contributed by atoms with Crippen LogP contribution < -0.4 is 10.6 Å². The topological polar surface area (TPSA) is 41.1 Å². The second-order valence-corrected chi connectivity index (χ2v) is 5.14. The van der Waals surface area contributed by atoms with Gasteiger partial charge in [-0.15, -0.1) is 0 Å². The molecule has 0 bridgehead atoms. The van der Waals surface area contributed by atoms with Crippen molar-refractivity contribution in [1.82, 2.24) is 10.6 Å². The molecule has 0 atom stereocenters. The van der Waals surface area contributed by atoms with Crippen LogP contribution in [0.5, 0.6) is 0 Å². The normalized spacial score (nSPS) is 12.9. The van der Waals surface area contributed by atoms with Crippen molar-refractivity contribution < 1.29 is 18.0 Å². The van der Waals surface area contributed by atoms with E-state index >= 15 is 0 Å². The van der Waals surface area contributed by atoms with Crippen LogP contribution in [0.15, 0.2) is 0 Å². The predicted octanol–water partition coefficient (Wildman–Crippen LogP) is 1.94. The molecule has 0 saturated carbocycles. The van der Waals surface area contributed by atoms with Gasteiger partial charge in [-0.05, 0) is 11.3 Å². The quantitative estimate of drug-likeness (QED) is 0.760. The SMILES string of the molecule is CC(C)C(C)(C)CNC(=O)CNCC(F)(F)F. The fraction of sp³-hybridized carbons (Fsp3) is 0.909. The number of halogens is 3. The fourth-order valence-corrected chi connectivity index (χ4v) is 0.911. The summed E-state index contributed by atoms with van der Waals surface area (Å²) in [5.74, 6) is -0.0334. The first-order valence-corrected chi connectivity index (χ1v) is 5.59. The highest BCUT2D eigenvalue weighted by Gasteiger charge is 2.27. The van der Waals surface area contributed by atoms with Gasteiger partial charge in [-0.3, -0.25) is 4.79 Å². The third-order valence-corrected chi connectivity index (χ3v) is 2.92. The number of carbonyl (C=O) groups is 1. The summed E-state index contributed by atoms with van der Waals surface area (Å²) in [7, 11) is 0. The van der Waals surface area contributed by atoms with Crippen molar-refractivity contribution in [3.8, 4) is 0 Å². The van der Waals surface area contributed by atoms with Gasteiger partial charge in [0.25, 0.3) is 0 Å². The molecule has 0 aliphatic heterocycles. The third kappa shape index (κ3) is 8.01. The lowest BCUT2D eigenvalue weighted by Gasteiger charge is -2.29.